The van der Waals surface area contributed by atoms with Crippen LogP contribution in [-0.4, -0.2) is 39.3 Å². The molecule has 0 unspecified atom stereocenters. The Morgan fingerprint density at radius 1 is 1.22 bits per heavy atom. The van der Waals surface area contributed by atoms with Gasteiger partial charge >= 0.3 is 0 Å². The van der Waals surface area contributed by atoms with Gasteiger partial charge in [-0.05, 0) is 31.6 Å². The van der Waals surface area contributed by atoms with Crippen LogP contribution in [0.3, 0.4) is 0 Å². The van der Waals surface area contributed by atoms with Gasteiger partial charge in [0.1, 0.15) is 0 Å². The number of ether oxygens (including phenoxy) is 1. The first-order valence-electron chi connectivity index (χ1n) is 7.28. The van der Waals surface area contributed by atoms with Gasteiger partial charge < -0.3 is 15.4 Å². The summed E-state index contributed by atoms with van der Waals surface area (Å²) in [6, 6.07) is 0. The number of hydrogen-bond acceptors (Lipinski definition) is 2. The van der Waals surface area contributed by atoms with E-state index in [0.717, 1.165) is 32.3 Å². The van der Waals surface area contributed by atoms with Crippen LogP contribution in [-0.2, 0) is 4.74 Å². The number of guanidine groups is 1. The molecule has 2 N–H and O–H groups in total. The molecule has 0 bridgehead atoms. The molecule has 4 heteroatoms. The standard InChI is InChI=1S/C14H29N3O/c1-4-14(8-6-7-9-14)12-17-13(15-3)16-10-11-18-5-2/h4-12H2,1-3H3,(H2,15,16,17). The molecule has 1 saturated carbocycles. The van der Waals surface area contributed by atoms with E-state index in [1.807, 2.05) is 14.0 Å². The summed E-state index contributed by atoms with van der Waals surface area (Å²) < 4.78 is 5.30. The Bertz CT molecular complexity index is 247. The Morgan fingerprint density at radius 2 is 1.94 bits per heavy atom. The van der Waals surface area contributed by atoms with E-state index >= 15 is 0 Å². The second kappa shape index (κ2) is 8.35. The second-order valence-corrected chi connectivity index (χ2v) is 5.11. The molecular weight excluding hydrogens is 226 g/mol. The minimum atomic E-state index is 0.498. The van der Waals surface area contributed by atoms with Gasteiger partial charge in [0.25, 0.3) is 0 Å². The van der Waals surface area contributed by atoms with Crippen molar-refractivity contribution in [1.82, 2.24) is 10.6 Å². The summed E-state index contributed by atoms with van der Waals surface area (Å²) >= 11 is 0. The van der Waals surface area contributed by atoms with E-state index < -0.39 is 0 Å². The summed E-state index contributed by atoms with van der Waals surface area (Å²) in [4.78, 5) is 4.25. The first-order chi connectivity index (χ1) is 8.76. The Hall–Kier alpha value is -0.770. The average Bonchev–Trinajstić information content (AvgIpc) is 2.87. The van der Waals surface area contributed by atoms with Crippen molar-refractivity contribution in [3.05, 3.63) is 0 Å². The highest BCUT2D eigenvalue weighted by Gasteiger charge is 2.31. The SMILES string of the molecule is CCOCCNC(=NC)NCC1(CC)CCCC1. The summed E-state index contributed by atoms with van der Waals surface area (Å²) in [5, 5.41) is 6.75. The van der Waals surface area contributed by atoms with Gasteiger partial charge in [-0.15, -0.1) is 0 Å². The van der Waals surface area contributed by atoms with Crippen LogP contribution in [0, 0.1) is 5.41 Å². The largest absolute Gasteiger partial charge is 0.380 e. The zero-order valence-corrected chi connectivity index (χ0v) is 12.2. The summed E-state index contributed by atoms with van der Waals surface area (Å²) in [6.45, 7) is 7.67. The molecule has 1 fully saturated rings. The van der Waals surface area contributed by atoms with Crippen molar-refractivity contribution in [2.75, 3.05) is 33.4 Å². The molecule has 0 amide bonds. The van der Waals surface area contributed by atoms with Crippen LogP contribution in [0.4, 0.5) is 0 Å². The van der Waals surface area contributed by atoms with Crippen LogP contribution in [0.25, 0.3) is 0 Å². The number of rotatable bonds is 7. The van der Waals surface area contributed by atoms with Gasteiger partial charge in [-0.2, -0.15) is 0 Å². The molecule has 0 spiro atoms. The minimum absolute atomic E-state index is 0.498. The first-order valence-corrected chi connectivity index (χ1v) is 7.28. The molecule has 0 aromatic heterocycles. The van der Waals surface area contributed by atoms with Crippen LogP contribution in [0.5, 0.6) is 0 Å². The van der Waals surface area contributed by atoms with E-state index in [1.165, 1.54) is 32.1 Å². The Morgan fingerprint density at radius 3 is 2.50 bits per heavy atom. The molecular formula is C14H29N3O. The highest BCUT2D eigenvalue weighted by molar-refractivity contribution is 5.79. The topological polar surface area (TPSA) is 45.6 Å². The third-order valence-electron chi connectivity index (χ3n) is 4.01. The van der Waals surface area contributed by atoms with E-state index in [-0.39, 0.29) is 0 Å². The Kier molecular flexibility index (Phi) is 7.09. The summed E-state index contributed by atoms with van der Waals surface area (Å²) in [7, 11) is 1.82. The van der Waals surface area contributed by atoms with Crippen LogP contribution in [0.15, 0.2) is 4.99 Å². The fourth-order valence-electron chi connectivity index (χ4n) is 2.66. The molecule has 0 atom stereocenters. The first kappa shape index (κ1) is 15.3. The van der Waals surface area contributed by atoms with Gasteiger partial charge in [-0.1, -0.05) is 19.8 Å². The molecule has 1 aliphatic rings. The van der Waals surface area contributed by atoms with E-state index in [2.05, 4.69) is 22.5 Å². The van der Waals surface area contributed by atoms with E-state index in [4.69, 9.17) is 4.74 Å². The average molecular weight is 255 g/mol. The lowest BCUT2D eigenvalue weighted by atomic mass is 9.83. The number of nitrogens with zero attached hydrogens (tertiary/aromatic N) is 1. The number of nitrogens with one attached hydrogen (secondary N) is 2. The van der Waals surface area contributed by atoms with E-state index in [1.54, 1.807) is 0 Å². The van der Waals surface area contributed by atoms with E-state index in [0.29, 0.717) is 5.41 Å². The van der Waals surface area contributed by atoms with Gasteiger partial charge in [0.15, 0.2) is 5.96 Å². The lowest BCUT2D eigenvalue weighted by molar-refractivity contribution is 0.152. The van der Waals surface area contributed by atoms with Gasteiger partial charge in [0.05, 0.1) is 6.61 Å². The molecule has 0 saturated heterocycles. The fraction of sp³-hybridized carbons (Fsp3) is 0.929. The number of aliphatic imine (C=N–C) groups is 1. The van der Waals surface area contributed by atoms with Crippen molar-refractivity contribution in [2.45, 2.75) is 46.0 Å². The molecule has 106 valence electrons. The Balaban J connectivity index is 2.26. The molecule has 1 rings (SSSR count). The third-order valence-corrected chi connectivity index (χ3v) is 4.01. The molecule has 0 radical (unpaired) electrons. The summed E-state index contributed by atoms with van der Waals surface area (Å²) in [6.07, 6.45) is 6.73. The maximum atomic E-state index is 5.30. The predicted molar refractivity (Wildman–Crippen MR) is 77.0 cm³/mol. The van der Waals surface area contributed by atoms with Crippen molar-refractivity contribution in [3.63, 3.8) is 0 Å². The Labute approximate surface area is 112 Å². The van der Waals surface area contributed by atoms with Crippen LogP contribution < -0.4 is 10.6 Å². The van der Waals surface area contributed by atoms with Crippen LogP contribution >= 0.6 is 0 Å². The monoisotopic (exact) mass is 255 g/mol. The lowest BCUT2D eigenvalue weighted by Gasteiger charge is -2.28. The zero-order valence-electron chi connectivity index (χ0n) is 12.2. The molecule has 18 heavy (non-hydrogen) atoms. The number of hydrogen-bond donors (Lipinski definition) is 2. The molecule has 0 aromatic carbocycles. The normalized spacial score (nSPS) is 18.9. The van der Waals surface area contributed by atoms with Gasteiger partial charge in [-0.25, -0.2) is 0 Å². The van der Waals surface area contributed by atoms with Crippen molar-refractivity contribution >= 4 is 5.96 Å². The van der Waals surface area contributed by atoms with Crippen LogP contribution in [0.1, 0.15) is 46.0 Å². The van der Waals surface area contributed by atoms with Gasteiger partial charge in [0.2, 0.25) is 0 Å². The van der Waals surface area contributed by atoms with Crippen molar-refractivity contribution < 1.29 is 4.74 Å². The molecule has 0 heterocycles. The maximum Gasteiger partial charge on any atom is 0.191 e. The lowest BCUT2D eigenvalue weighted by Crippen LogP contribution is -2.43. The zero-order chi connectivity index (χ0) is 13.3. The van der Waals surface area contributed by atoms with Crippen molar-refractivity contribution in [1.29, 1.82) is 0 Å². The molecule has 4 nitrogen and oxygen atoms in total. The summed E-state index contributed by atoms with van der Waals surface area (Å²) in [5.74, 6) is 0.898. The van der Waals surface area contributed by atoms with Gasteiger partial charge in [-0.3, -0.25) is 4.99 Å². The molecule has 0 aromatic rings. The smallest absolute Gasteiger partial charge is 0.191 e. The third kappa shape index (κ3) is 4.84. The quantitative estimate of drug-likeness (QED) is 0.416. The summed E-state index contributed by atoms with van der Waals surface area (Å²) in [5.41, 5.74) is 0.498. The van der Waals surface area contributed by atoms with Crippen molar-refractivity contribution in [3.8, 4) is 0 Å². The van der Waals surface area contributed by atoms with Crippen LogP contribution in [0.2, 0.25) is 0 Å². The van der Waals surface area contributed by atoms with E-state index in [9.17, 15) is 0 Å². The molecule has 0 aliphatic heterocycles. The van der Waals surface area contributed by atoms with Crippen molar-refractivity contribution in [2.24, 2.45) is 10.4 Å². The highest BCUT2D eigenvalue weighted by Crippen LogP contribution is 2.40. The fourth-order valence-corrected chi connectivity index (χ4v) is 2.66. The minimum Gasteiger partial charge on any atom is -0.380 e. The second-order valence-electron chi connectivity index (χ2n) is 5.11. The molecule has 1 aliphatic carbocycles. The highest BCUT2D eigenvalue weighted by atomic mass is 16.5. The maximum absolute atomic E-state index is 5.30. The predicted octanol–water partition coefficient (Wildman–Crippen LogP) is 2.16. The van der Waals surface area contributed by atoms with Gasteiger partial charge in [0, 0.05) is 26.7 Å².